The van der Waals surface area contributed by atoms with Gasteiger partial charge in [-0.15, -0.1) is 11.8 Å². The zero-order valence-corrected chi connectivity index (χ0v) is 12.3. The maximum atomic E-state index is 11.0. The number of carboxylic acid groups (broad SMARTS) is 1. The van der Waals surface area contributed by atoms with E-state index >= 15 is 0 Å². The van der Waals surface area contributed by atoms with Crippen molar-refractivity contribution in [3.8, 4) is 17.2 Å². The fourth-order valence-corrected chi connectivity index (χ4v) is 3.30. The third-order valence-electron chi connectivity index (χ3n) is 3.10. The Hall–Kier alpha value is -1.60. The molecule has 1 aromatic carbocycles. The SMILES string of the molecule is COc1cc(OC)c(C2N[C@H](C(=O)O)CS2)cc1OC. The average Bonchev–Trinajstić information content (AvgIpc) is 2.95. The topological polar surface area (TPSA) is 77.0 Å². The maximum absolute atomic E-state index is 11.0. The molecule has 1 aliphatic rings. The Labute approximate surface area is 121 Å². The van der Waals surface area contributed by atoms with Crippen molar-refractivity contribution in [2.75, 3.05) is 27.1 Å². The highest BCUT2D eigenvalue weighted by molar-refractivity contribution is 7.99. The van der Waals surface area contributed by atoms with Crippen molar-refractivity contribution >= 4 is 17.7 Å². The summed E-state index contributed by atoms with van der Waals surface area (Å²) in [5.41, 5.74) is 0.846. The maximum Gasteiger partial charge on any atom is 0.321 e. The summed E-state index contributed by atoms with van der Waals surface area (Å²) in [5.74, 6) is 1.46. The minimum Gasteiger partial charge on any atom is -0.496 e. The minimum atomic E-state index is -0.848. The molecule has 20 heavy (non-hydrogen) atoms. The molecule has 1 unspecified atom stereocenters. The second-order valence-electron chi connectivity index (χ2n) is 4.22. The van der Waals surface area contributed by atoms with Crippen LogP contribution in [0.3, 0.4) is 0 Å². The van der Waals surface area contributed by atoms with E-state index < -0.39 is 12.0 Å². The molecule has 0 amide bonds. The molecule has 0 saturated carbocycles. The van der Waals surface area contributed by atoms with Gasteiger partial charge in [-0.3, -0.25) is 10.1 Å². The third-order valence-corrected chi connectivity index (χ3v) is 4.35. The largest absolute Gasteiger partial charge is 0.496 e. The van der Waals surface area contributed by atoms with Crippen LogP contribution >= 0.6 is 11.8 Å². The molecule has 2 N–H and O–H groups in total. The van der Waals surface area contributed by atoms with E-state index in [1.54, 1.807) is 27.4 Å². The second-order valence-corrected chi connectivity index (χ2v) is 5.36. The van der Waals surface area contributed by atoms with E-state index in [1.807, 2.05) is 6.07 Å². The van der Waals surface area contributed by atoms with Gasteiger partial charge in [0.1, 0.15) is 11.8 Å². The number of methoxy groups -OCH3 is 3. The molecule has 6 nitrogen and oxygen atoms in total. The van der Waals surface area contributed by atoms with Crippen molar-refractivity contribution in [3.63, 3.8) is 0 Å². The molecule has 110 valence electrons. The summed E-state index contributed by atoms with van der Waals surface area (Å²) < 4.78 is 15.9. The molecule has 0 radical (unpaired) electrons. The summed E-state index contributed by atoms with van der Waals surface area (Å²) >= 11 is 1.53. The van der Waals surface area contributed by atoms with Gasteiger partial charge in [-0.05, 0) is 6.07 Å². The van der Waals surface area contributed by atoms with E-state index in [-0.39, 0.29) is 5.37 Å². The number of rotatable bonds is 5. The van der Waals surface area contributed by atoms with E-state index in [0.29, 0.717) is 23.0 Å². The molecular formula is C13H17NO5S. The zero-order valence-electron chi connectivity index (χ0n) is 11.5. The standard InChI is InChI=1S/C13H17NO5S/c1-17-9-5-11(19-3)10(18-2)4-7(9)12-14-8(6-20-12)13(15)16/h4-5,8,12,14H,6H2,1-3H3,(H,15,16)/t8-,12?/m0/s1. The molecule has 1 saturated heterocycles. The monoisotopic (exact) mass is 299 g/mol. The molecule has 0 spiro atoms. The van der Waals surface area contributed by atoms with Gasteiger partial charge in [-0.2, -0.15) is 0 Å². The molecule has 0 aromatic heterocycles. The van der Waals surface area contributed by atoms with Crippen molar-refractivity contribution < 1.29 is 24.1 Å². The van der Waals surface area contributed by atoms with Crippen LogP contribution in [0.1, 0.15) is 10.9 Å². The van der Waals surface area contributed by atoms with Crippen molar-refractivity contribution in [1.29, 1.82) is 0 Å². The quantitative estimate of drug-likeness (QED) is 0.853. The van der Waals surface area contributed by atoms with E-state index in [1.165, 1.54) is 11.8 Å². The molecule has 1 aromatic rings. The van der Waals surface area contributed by atoms with E-state index in [9.17, 15) is 4.79 Å². The zero-order chi connectivity index (χ0) is 14.7. The van der Waals surface area contributed by atoms with Gasteiger partial charge in [0.25, 0.3) is 0 Å². The summed E-state index contributed by atoms with van der Waals surface area (Å²) in [4.78, 5) is 11.0. The number of carboxylic acids is 1. The normalized spacial score (nSPS) is 21.6. The summed E-state index contributed by atoms with van der Waals surface area (Å²) in [6, 6.07) is 3.00. The third kappa shape index (κ3) is 2.78. The van der Waals surface area contributed by atoms with Gasteiger partial charge in [-0.1, -0.05) is 0 Å². The van der Waals surface area contributed by atoms with Crippen molar-refractivity contribution in [2.45, 2.75) is 11.4 Å². The van der Waals surface area contributed by atoms with Crippen LogP contribution in [0.2, 0.25) is 0 Å². The average molecular weight is 299 g/mol. The van der Waals surface area contributed by atoms with Crippen LogP contribution in [0.15, 0.2) is 12.1 Å². The Morgan fingerprint density at radius 1 is 1.20 bits per heavy atom. The lowest BCUT2D eigenvalue weighted by atomic mass is 10.1. The Morgan fingerprint density at radius 2 is 1.80 bits per heavy atom. The summed E-state index contributed by atoms with van der Waals surface area (Å²) in [7, 11) is 4.68. The first kappa shape index (κ1) is 14.8. The highest BCUT2D eigenvalue weighted by atomic mass is 32.2. The Morgan fingerprint density at radius 3 is 2.30 bits per heavy atom. The lowest BCUT2D eigenvalue weighted by molar-refractivity contribution is -0.138. The summed E-state index contributed by atoms with van der Waals surface area (Å²) in [6.45, 7) is 0. The number of carbonyl (C=O) groups is 1. The number of thioether (sulfide) groups is 1. The highest BCUT2D eigenvalue weighted by Gasteiger charge is 2.32. The first-order valence-electron chi connectivity index (χ1n) is 6.01. The van der Waals surface area contributed by atoms with Crippen LogP contribution in [0.4, 0.5) is 0 Å². The van der Waals surface area contributed by atoms with Crippen LogP contribution in [0.25, 0.3) is 0 Å². The second kappa shape index (κ2) is 6.23. The molecule has 1 aliphatic heterocycles. The molecule has 1 heterocycles. The van der Waals surface area contributed by atoms with E-state index in [0.717, 1.165) is 5.56 Å². The van der Waals surface area contributed by atoms with Crippen LogP contribution in [-0.4, -0.2) is 44.2 Å². The first-order chi connectivity index (χ1) is 9.60. The van der Waals surface area contributed by atoms with Crippen molar-refractivity contribution in [1.82, 2.24) is 5.32 Å². The summed E-state index contributed by atoms with van der Waals surface area (Å²) in [6.07, 6.45) is 0. The highest BCUT2D eigenvalue weighted by Crippen LogP contribution is 2.43. The van der Waals surface area contributed by atoms with Gasteiger partial charge >= 0.3 is 5.97 Å². The minimum absolute atomic E-state index is 0.147. The van der Waals surface area contributed by atoms with Gasteiger partial charge in [0.2, 0.25) is 0 Å². The molecular weight excluding hydrogens is 282 g/mol. The van der Waals surface area contributed by atoms with Gasteiger partial charge in [0.15, 0.2) is 11.5 Å². The smallest absolute Gasteiger partial charge is 0.321 e. The Bertz CT molecular complexity index is 508. The van der Waals surface area contributed by atoms with E-state index in [2.05, 4.69) is 5.32 Å². The number of hydrogen-bond donors (Lipinski definition) is 2. The Kier molecular flexibility index (Phi) is 4.61. The van der Waals surface area contributed by atoms with Crippen molar-refractivity contribution in [3.05, 3.63) is 17.7 Å². The molecule has 1 fully saturated rings. The molecule has 2 atom stereocenters. The van der Waals surface area contributed by atoms with Crippen LogP contribution in [0, 0.1) is 0 Å². The molecule has 0 aliphatic carbocycles. The van der Waals surface area contributed by atoms with Gasteiger partial charge in [-0.25, -0.2) is 0 Å². The summed E-state index contributed by atoms with van der Waals surface area (Å²) in [5, 5.41) is 11.9. The Balaban J connectivity index is 2.33. The number of nitrogens with one attached hydrogen (secondary N) is 1. The number of benzene rings is 1. The fraction of sp³-hybridized carbons (Fsp3) is 0.462. The molecule has 0 bridgehead atoms. The lowest BCUT2D eigenvalue weighted by Gasteiger charge is -2.18. The van der Waals surface area contributed by atoms with Gasteiger partial charge in [0.05, 0.1) is 26.7 Å². The predicted octanol–water partition coefficient (Wildman–Crippen LogP) is 1.50. The van der Waals surface area contributed by atoms with Crippen LogP contribution < -0.4 is 19.5 Å². The lowest BCUT2D eigenvalue weighted by Crippen LogP contribution is -2.33. The van der Waals surface area contributed by atoms with E-state index in [4.69, 9.17) is 19.3 Å². The first-order valence-corrected chi connectivity index (χ1v) is 7.06. The molecule has 7 heteroatoms. The van der Waals surface area contributed by atoms with Gasteiger partial charge < -0.3 is 19.3 Å². The van der Waals surface area contributed by atoms with Crippen LogP contribution in [0.5, 0.6) is 17.2 Å². The van der Waals surface area contributed by atoms with Gasteiger partial charge in [0, 0.05) is 17.4 Å². The number of aliphatic carboxylic acids is 1. The van der Waals surface area contributed by atoms with Crippen molar-refractivity contribution in [2.24, 2.45) is 0 Å². The predicted molar refractivity (Wildman–Crippen MR) is 75.9 cm³/mol. The number of ether oxygens (including phenoxy) is 3. The van der Waals surface area contributed by atoms with Crippen LogP contribution in [-0.2, 0) is 4.79 Å². The molecule has 2 rings (SSSR count). The number of hydrogen-bond acceptors (Lipinski definition) is 6. The fourth-order valence-electron chi connectivity index (χ4n) is 2.05.